The van der Waals surface area contributed by atoms with Crippen molar-refractivity contribution in [1.29, 1.82) is 0 Å². The van der Waals surface area contributed by atoms with Gasteiger partial charge >= 0.3 is 6.03 Å². The Kier molecular flexibility index (Phi) is 9.24. The second-order valence-corrected chi connectivity index (χ2v) is 6.61. The molecule has 0 fully saturated rings. The van der Waals surface area contributed by atoms with E-state index in [0.29, 0.717) is 18.5 Å². The van der Waals surface area contributed by atoms with E-state index in [4.69, 9.17) is 16.6 Å². The van der Waals surface area contributed by atoms with Crippen molar-refractivity contribution in [2.75, 3.05) is 11.9 Å². The van der Waals surface area contributed by atoms with Crippen LogP contribution in [0.2, 0.25) is 0 Å². The molecule has 0 saturated carbocycles. The van der Waals surface area contributed by atoms with Gasteiger partial charge in [-0.15, -0.1) is 0 Å². The van der Waals surface area contributed by atoms with E-state index in [1.54, 1.807) is 24.3 Å². The van der Waals surface area contributed by atoms with Crippen LogP contribution in [-0.2, 0) is 16.2 Å². The van der Waals surface area contributed by atoms with Crippen LogP contribution in [0.3, 0.4) is 0 Å². The van der Waals surface area contributed by atoms with Gasteiger partial charge in [0.25, 0.3) is 0 Å². The molecule has 2 atom stereocenters. The number of rotatable bonds is 10. The summed E-state index contributed by atoms with van der Waals surface area (Å²) in [6, 6.07) is 4.52. The monoisotopic (exact) mass is 379 g/mol. The zero-order chi connectivity index (χ0) is 20.4. The highest BCUT2D eigenvalue weighted by atomic mass is 16.3. The maximum atomic E-state index is 12.6. The third-order valence-corrected chi connectivity index (χ3v) is 4.03. The predicted octanol–water partition coefficient (Wildman–Crippen LogP) is 0.0340. The van der Waals surface area contributed by atoms with Crippen molar-refractivity contribution in [3.05, 3.63) is 29.8 Å². The van der Waals surface area contributed by atoms with Gasteiger partial charge in [-0.3, -0.25) is 9.59 Å². The average Bonchev–Trinajstić information content (AvgIpc) is 2.63. The summed E-state index contributed by atoms with van der Waals surface area (Å²) in [6.07, 6.45) is 0.749. The first-order chi connectivity index (χ1) is 12.7. The molecular formula is C18H29N5O4. The van der Waals surface area contributed by atoms with Gasteiger partial charge in [0.2, 0.25) is 11.8 Å². The number of nitrogens with one attached hydrogen (secondary N) is 3. The van der Waals surface area contributed by atoms with Crippen molar-refractivity contribution < 1.29 is 19.5 Å². The summed E-state index contributed by atoms with van der Waals surface area (Å²) >= 11 is 0. The highest BCUT2D eigenvalue weighted by Crippen LogP contribution is 2.11. The van der Waals surface area contributed by atoms with Gasteiger partial charge in [-0.2, -0.15) is 0 Å². The fraction of sp³-hybridized carbons (Fsp3) is 0.500. The molecule has 9 nitrogen and oxygen atoms in total. The first-order valence-corrected chi connectivity index (χ1v) is 8.84. The smallest absolute Gasteiger partial charge is 0.312 e. The maximum absolute atomic E-state index is 12.6. The highest BCUT2D eigenvalue weighted by molar-refractivity contribution is 5.97. The number of hydrogen-bond donors (Lipinski definition) is 6. The summed E-state index contributed by atoms with van der Waals surface area (Å²) in [5, 5.41) is 16.9. The Bertz CT molecular complexity index is 633. The van der Waals surface area contributed by atoms with Gasteiger partial charge in [0.1, 0.15) is 6.04 Å². The molecule has 1 aromatic carbocycles. The van der Waals surface area contributed by atoms with Gasteiger partial charge in [-0.25, -0.2) is 4.79 Å². The molecule has 150 valence electrons. The molecule has 1 aromatic rings. The minimum atomic E-state index is -0.811. The standard InChI is InChI=1S/C18H29N5O4/c1-11(2)15(19)17(26)23-14(4-3-9-21-18(20)27)16(25)22-13-7-5-12(10-24)6-8-13/h5-8,11,14-15,24H,3-4,9-10,19H2,1-2H3,(H,22,25)(H,23,26)(H3,20,21,27)/t14-,15+/m1/s1. The summed E-state index contributed by atoms with van der Waals surface area (Å²) in [7, 11) is 0. The molecule has 0 bridgehead atoms. The molecule has 0 aliphatic heterocycles. The lowest BCUT2D eigenvalue weighted by Crippen LogP contribution is -2.51. The van der Waals surface area contributed by atoms with E-state index in [2.05, 4.69) is 16.0 Å². The van der Waals surface area contributed by atoms with Gasteiger partial charge in [0, 0.05) is 12.2 Å². The Morgan fingerprint density at radius 3 is 2.26 bits per heavy atom. The highest BCUT2D eigenvalue weighted by Gasteiger charge is 2.25. The SMILES string of the molecule is CC(C)[C@H](N)C(=O)N[C@H](CCCNC(N)=O)C(=O)Nc1ccc(CO)cc1. The summed E-state index contributed by atoms with van der Waals surface area (Å²) in [4.78, 5) is 35.6. The molecule has 0 saturated heterocycles. The molecule has 8 N–H and O–H groups in total. The minimum absolute atomic E-state index is 0.0729. The van der Waals surface area contributed by atoms with Crippen LogP contribution in [0.4, 0.5) is 10.5 Å². The van der Waals surface area contributed by atoms with E-state index in [0.717, 1.165) is 5.56 Å². The van der Waals surface area contributed by atoms with Crippen molar-refractivity contribution in [3.63, 3.8) is 0 Å². The number of anilines is 1. The first kappa shape index (κ1) is 22.4. The first-order valence-electron chi connectivity index (χ1n) is 8.84. The molecule has 0 aromatic heterocycles. The van der Waals surface area contributed by atoms with Gasteiger partial charge in [0.15, 0.2) is 0 Å². The molecule has 4 amide bonds. The van der Waals surface area contributed by atoms with E-state index < -0.39 is 29.9 Å². The van der Waals surface area contributed by atoms with Crippen LogP contribution in [0.1, 0.15) is 32.3 Å². The average molecular weight is 379 g/mol. The molecule has 0 heterocycles. The van der Waals surface area contributed by atoms with Crippen LogP contribution in [0.25, 0.3) is 0 Å². The summed E-state index contributed by atoms with van der Waals surface area (Å²) in [5.74, 6) is -0.880. The van der Waals surface area contributed by atoms with Crippen LogP contribution in [0.15, 0.2) is 24.3 Å². The Balaban J connectivity index is 2.75. The molecule has 0 spiro atoms. The molecule has 1 rings (SSSR count). The number of nitrogens with two attached hydrogens (primary N) is 2. The zero-order valence-corrected chi connectivity index (χ0v) is 15.7. The number of primary amides is 1. The topological polar surface area (TPSA) is 160 Å². The summed E-state index contributed by atoms with van der Waals surface area (Å²) in [5.41, 5.74) is 12.1. The fourth-order valence-corrected chi connectivity index (χ4v) is 2.28. The number of aliphatic hydroxyl groups excluding tert-OH is 1. The molecular weight excluding hydrogens is 350 g/mol. The Labute approximate surface area is 158 Å². The lowest BCUT2D eigenvalue weighted by atomic mass is 10.0. The number of amides is 4. The third kappa shape index (κ3) is 8.06. The van der Waals surface area contributed by atoms with E-state index >= 15 is 0 Å². The van der Waals surface area contributed by atoms with E-state index in [1.807, 2.05) is 13.8 Å². The van der Waals surface area contributed by atoms with E-state index in [-0.39, 0.29) is 19.1 Å². The minimum Gasteiger partial charge on any atom is -0.392 e. The Morgan fingerprint density at radius 1 is 1.11 bits per heavy atom. The van der Waals surface area contributed by atoms with E-state index in [1.165, 1.54) is 0 Å². The van der Waals surface area contributed by atoms with Crippen molar-refractivity contribution in [2.24, 2.45) is 17.4 Å². The van der Waals surface area contributed by atoms with Crippen molar-refractivity contribution in [1.82, 2.24) is 10.6 Å². The molecule has 9 heteroatoms. The quantitative estimate of drug-likeness (QED) is 0.316. The molecule has 0 aliphatic carbocycles. The third-order valence-electron chi connectivity index (χ3n) is 4.03. The molecule has 0 radical (unpaired) electrons. The lowest BCUT2D eigenvalue weighted by Gasteiger charge is -2.22. The lowest BCUT2D eigenvalue weighted by molar-refractivity contribution is -0.128. The van der Waals surface area contributed by atoms with E-state index in [9.17, 15) is 14.4 Å². The molecule has 0 unspecified atom stereocenters. The predicted molar refractivity (Wildman–Crippen MR) is 103 cm³/mol. The maximum Gasteiger partial charge on any atom is 0.312 e. The van der Waals surface area contributed by atoms with Crippen LogP contribution in [-0.4, -0.2) is 41.6 Å². The number of hydrogen-bond acceptors (Lipinski definition) is 5. The van der Waals surface area contributed by atoms with Crippen molar-refractivity contribution in [3.8, 4) is 0 Å². The summed E-state index contributed by atoms with van der Waals surface area (Å²) < 4.78 is 0. The van der Waals surface area contributed by atoms with Gasteiger partial charge in [0.05, 0.1) is 12.6 Å². The zero-order valence-electron chi connectivity index (χ0n) is 15.7. The second kappa shape index (κ2) is 11.1. The molecule has 27 heavy (non-hydrogen) atoms. The van der Waals surface area contributed by atoms with Crippen LogP contribution >= 0.6 is 0 Å². The number of benzene rings is 1. The Hall–Kier alpha value is -2.65. The largest absolute Gasteiger partial charge is 0.392 e. The molecule has 0 aliphatic rings. The van der Waals surface area contributed by atoms with Gasteiger partial charge < -0.3 is 32.5 Å². The number of urea groups is 1. The second-order valence-electron chi connectivity index (χ2n) is 6.61. The van der Waals surface area contributed by atoms with Gasteiger partial charge in [-0.05, 0) is 36.5 Å². The van der Waals surface area contributed by atoms with Gasteiger partial charge in [-0.1, -0.05) is 26.0 Å². The summed E-state index contributed by atoms with van der Waals surface area (Å²) in [6.45, 7) is 3.83. The van der Waals surface area contributed by atoms with Crippen LogP contribution in [0, 0.1) is 5.92 Å². The number of carbonyl (C=O) groups excluding carboxylic acids is 3. The van der Waals surface area contributed by atoms with Crippen molar-refractivity contribution in [2.45, 2.75) is 45.4 Å². The fourth-order valence-electron chi connectivity index (χ4n) is 2.28. The van der Waals surface area contributed by atoms with Crippen LogP contribution in [0.5, 0.6) is 0 Å². The normalized spacial score (nSPS) is 12.9. The number of carbonyl (C=O) groups is 3. The van der Waals surface area contributed by atoms with Crippen LogP contribution < -0.4 is 27.4 Å². The number of aliphatic hydroxyl groups is 1. The Morgan fingerprint density at radius 2 is 1.74 bits per heavy atom. The van der Waals surface area contributed by atoms with Crippen molar-refractivity contribution >= 4 is 23.5 Å².